The summed E-state index contributed by atoms with van der Waals surface area (Å²) in [5.41, 5.74) is 5.87. The maximum absolute atomic E-state index is 11.1. The molecule has 0 unspecified atom stereocenters. The highest BCUT2D eigenvalue weighted by Crippen LogP contribution is 2.12. The fourth-order valence-electron chi connectivity index (χ4n) is 0.985. The van der Waals surface area contributed by atoms with Crippen molar-refractivity contribution in [1.82, 2.24) is 0 Å². The molecule has 0 aliphatic rings. The molecular formula is C9H12N2O2. The number of nitrogens with zero attached hydrogens (tertiary/aromatic N) is 1. The Morgan fingerprint density at radius 2 is 2.08 bits per heavy atom. The van der Waals surface area contributed by atoms with E-state index in [-0.39, 0.29) is 12.6 Å². The molecule has 0 aromatic heterocycles. The van der Waals surface area contributed by atoms with E-state index in [1.165, 1.54) is 12.0 Å². The first kappa shape index (κ1) is 9.70. The zero-order valence-electron chi connectivity index (χ0n) is 7.43. The monoisotopic (exact) mass is 180 g/mol. The van der Waals surface area contributed by atoms with Gasteiger partial charge in [-0.15, -0.1) is 0 Å². The third-order valence-corrected chi connectivity index (χ3v) is 1.48. The lowest BCUT2D eigenvalue weighted by Crippen LogP contribution is -2.31. The molecule has 4 heteroatoms. The molecule has 0 spiro atoms. The van der Waals surface area contributed by atoms with Gasteiger partial charge in [0.2, 0.25) is 5.91 Å². The van der Waals surface area contributed by atoms with Crippen LogP contribution in [-0.2, 0) is 9.63 Å². The van der Waals surface area contributed by atoms with Gasteiger partial charge in [-0.1, -0.05) is 18.2 Å². The largest absolute Gasteiger partial charge is 0.306 e. The normalized spacial score (nSPS) is 9.69. The molecule has 1 aromatic carbocycles. The quantitative estimate of drug-likeness (QED) is 0.555. The number of hydrogen-bond acceptors (Lipinski definition) is 3. The number of hydroxylamine groups is 1. The molecule has 0 saturated heterocycles. The van der Waals surface area contributed by atoms with Crippen LogP contribution in [0.5, 0.6) is 0 Å². The summed E-state index contributed by atoms with van der Waals surface area (Å²) in [7, 11) is 0. The number of rotatable bonds is 3. The van der Waals surface area contributed by atoms with E-state index < -0.39 is 0 Å². The zero-order valence-corrected chi connectivity index (χ0v) is 7.43. The average Bonchev–Trinajstić information content (AvgIpc) is 2.15. The van der Waals surface area contributed by atoms with Crippen molar-refractivity contribution in [2.45, 2.75) is 6.92 Å². The van der Waals surface area contributed by atoms with Crippen LogP contribution in [0.3, 0.4) is 0 Å². The predicted octanol–water partition coefficient (Wildman–Crippen LogP) is 0.887. The molecule has 0 fully saturated rings. The second-order valence-corrected chi connectivity index (χ2v) is 2.44. The maximum Gasteiger partial charge on any atom is 0.247 e. The van der Waals surface area contributed by atoms with E-state index in [0.29, 0.717) is 5.69 Å². The van der Waals surface area contributed by atoms with E-state index >= 15 is 0 Å². The Morgan fingerprint density at radius 1 is 1.46 bits per heavy atom. The van der Waals surface area contributed by atoms with Crippen LogP contribution in [0.4, 0.5) is 5.69 Å². The highest BCUT2D eigenvalue weighted by atomic mass is 16.7. The average molecular weight is 180 g/mol. The topological polar surface area (TPSA) is 55.6 Å². The van der Waals surface area contributed by atoms with E-state index in [1.54, 1.807) is 12.1 Å². The molecule has 1 amide bonds. The highest BCUT2D eigenvalue weighted by molar-refractivity contribution is 5.89. The Kier molecular flexibility index (Phi) is 3.42. The molecule has 0 atom stereocenters. The van der Waals surface area contributed by atoms with Gasteiger partial charge in [0.1, 0.15) is 6.73 Å². The summed E-state index contributed by atoms with van der Waals surface area (Å²) in [5, 5.41) is 1.17. The van der Waals surface area contributed by atoms with Gasteiger partial charge in [0.25, 0.3) is 0 Å². The number of benzene rings is 1. The maximum atomic E-state index is 11.1. The lowest BCUT2D eigenvalue weighted by Gasteiger charge is -2.18. The molecular weight excluding hydrogens is 168 g/mol. The molecule has 2 N–H and O–H groups in total. The predicted molar refractivity (Wildman–Crippen MR) is 49.7 cm³/mol. The number of para-hydroxylation sites is 1. The fourth-order valence-corrected chi connectivity index (χ4v) is 0.985. The minimum atomic E-state index is -0.198. The van der Waals surface area contributed by atoms with Crippen LogP contribution in [0.1, 0.15) is 6.92 Å². The first-order valence-electron chi connectivity index (χ1n) is 3.94. The van der Waals surface area contributed by atoms with Crippen molar-refractivity contribution in [3.63, 3.8) is 0 Å². The smallest absolute Gasteiger partial charge is 0.247 e. The first-order valence-corrected chi connectivity index (χ1v) is 3.94. The summed E-state index contributed by atoms with van der Waals surface area (Å²) >= 11 is 0. The SMILES string of the molecule is CC(=O)N(OCN)c1ccccc1. The molecule has 0 heterocycles. The van der Waals surface area contributed by atoms with Crippen molar-refractivity contribution in [2.24, 2.45) is 5.73 Å². The van der Waals surface area contributed by atoms with Gasteiger partial charge in [-0.25, -0.2) is 0 Å². The lowest BCUT2D eigenvalue weighted by atomic mass is 10.3. The van der Waals surface area contributed by atoms with Crippen molar-refractivity contribution in [3.8, 4) is 0 Å². The van der Waals surface area contributed by atoms with E-state index in [1.807, 2.05) is 18.2 Å². The van der Waals surface area contributed by atoms with E-state index in [0.717, 1.165) is 0 Å². The van der Waals surface area contributed by atoms with Crippen LogP contribution >= 0.6 is 0 Å². The van der Waals surface area contributed by atoms with Crippen LogP contribution in [0.25, 0.3) is 0 Å². The minimum Gasteiger partial charge on any atom is -0.306 e. The fraction of sp³-hybridized carbons (Fsp3) is 0.222. The third kappa shape index (κ3) is 2.54. The molecule has 0 aliphatic heterocycles. The molecule has 0 aliphatic carbocycles. The second-order valence-electron chi connectivity index (χ2n) is 2.44. The Morgan fingerprint density at radius 3 is 2.54 bits per heavy atom. The molecule has 0 saturated carbocycles. The Labute approximate surface area is 76.9 Å². The van der Waals surface area contributed by atoms with Crippen molar-refractivity contribution >= 4 is 11.6 Å². The van der Waals surface area contributed by atoms with Gasteiger partial charge in [-0.2, -0.15) is 5.06 Å². The van der Waals surface area contributed by atoms with Crippen LogP contribution in [0, 0.1) is 0 Å². The van der Waals surface area contributed by atoms with Crippen molar-refractivity contribution in [3.05, 3.63) is 30.3 Å². The van der Waals surface area contributed by atoms with Crippen LogP contribution in [0.2, 0.25) is 0 Å². The lowest BCUT2D eigenvalue weighted by molar-refractivity contribution is -0.123. The Bertz CT molecular complexity index is 274. The number of hydrogen-bond donors (Lipinski definition) is 1. The molecule has 0 radical (unpaired) electrons. The highest BCUT2D eigenvalue weighted by Gasteiger charge is 2.10. The number of nitrogens with two attached hydrogens (primary N) is 1. The number of carbonyl (C=O) groups excluding carboxylic acids is 1. The van der Waals surface area contributed by atoms with Crippen LogP contribution < -0.4 is 10.8 Å². The summed E-state index contributed by atoms with van der Waals surface area (Å²) in [6.45, 7) is 1.40. The van der Waals surface area contributed by atoms with Gasteiger partial charge in [-0.05, 0) is 12.1 Å². The second kappa shape index (κ2) is 4.59. The summed E-state index contributed by atoms with van der Waals surface area (Å²) in [6.07, 6.45) is 0. The van der Waals surface area contributed by atoms with E-state index in [4.69, 9.17) is 10.6 Å². The summed E-state index contributed by atoms with van der Waals surface area (Å²) < 4.78 is 0. The van der Waals surface area contributed by atoms with E-state index in [9.17, 15) is 4.79 Å². The number of carbonyl (C=O) groups is 1. The van der Waals surface area contributed by atoms with Crippen LogP contribution in [0.15, 0.2) is 30.3 Å². The van der Waals surface area contributed by atoms with Crippen molar-refractivity contribution < 1.29 is 9.63 Å². The Hall–Kier alpha value is -1.39. The van der Waals surface area contributed by atoms with Crippen molar-refractivity contribution in [1.29, 1.82) is 0 Å². The van der Waals surface area contributed by atoms with Gasteiger partial charge < -0.3 is 5.73 Å². The summed E-state index contributed by atoms with van der Waals surface area (Å²) in [6, 6.07) is 9.06. The van der Waals surface area contributed by atoms with Gasteiger partial charge in [-0.3, -0.25) is 9.63 Å². The standard InChI is InChI=1S/C9H12N2O2/c1-8(12)11(13-7-10)9-5-3-2-4-6-9/h2-6H,7,10H2,1H3. The molecule has 4 nitrogen and oxygen atoms in total. The summed E-state index contributed by atoms with van der Waals surface area (Å²) in [5.74, 6) is -0.198. The minimum absolute atomic E-state index is 0.0194. The molecule has 1 rings (SSSR count). The van der Waals surface area contributed by atoms with Crippen molar-refractivity contribution in [2.75, 3.05) is 11.8 Å². The van der Waals surface area contributed by atoms with Gasteiger partial charge in [0, 0.05) is 6.92 Å². The first-order chi connectivity index (χ1) is 6.25. The molecule has 70 valence electrons. The molecule has 13 heavy (non-hydrogen) atoms. The Balaban J connectivity index is 2.82. The number of amides is 1. The van der Waals surface area contributed by atoms with Gasteiger partial charge >= 0.3 is 0 Å². The van der Waals surface area contributed by atoms with Gasteiger partial charge in [0.15, 0.2) is 0 Å². The molecule has 1 aromatic rings. The third-order valence-electron chi connectivity index (χ3n) is 1.48. The van der Waals surface area contributed by atoms with E-state index in [2.05, 4.69) is 0 Å². The summed E-state index contributed by atoms with van der Waals surface area (Å²) in [4.78, 5) is 16.0. The zero-order chi connectivity index (χ0) is 9.68. The van der Waals surface area contributed by atoms with Gasteiger partial charge in [0.05, 0.1) is 5.69 Å². The number of anilines is 1. The molecule has 0 bridgehead atoms. The van der Waals surface area contributed by atoms with Crippen LogP contribution in [-0.4, -0.2) is 12.6 Å².